The largest absolute Gasteiger partial charge is 0.339 e. The van der Waals surface area contributed by atoms with E-state index >= 15 is 0 Å². The highest BCUT2D eigenvalue weighted by atomic mass is 32.2. The minimum Gasteiger partial charge on any atom is -0.339 e. The molecule has 0 bridgehead atoms. The monoisotopic (exact) mass is 460 g/mol. The summed E-state index contributed by atoms with van der Waals surface area (Å²) in [7, 11) is -1.11. The molecular formula is C23H29FN4O3S. The van der Waals surface area contributed by atoms with Gasteiger partial charge >= 0.3 is 10.2 Å². The molecule has 1 amide bonds. The molecule has 0 radical (unpaired) electrons. The van der Waals surface area contributed by atoms with Crippen LogP contribution in [0, 0.1) is 5.82 Å². The van der Waals surface area contributed by atoms with Crippen molar-refractivity contribution in [2.45, 2.75) is 0 Å². The molecule has 172 valence electrons. The molecule has 7 nitrogen and oxygen atoms in total. The third-order valence-corrected chi connectivity index (χ3v) is 7.15. The van der Waals surface area contributed by atoms with Crippen LogP contribution < -0.4 is 4.31 Å². The molecule has 0 unspecified atom stereocenters. The SMILES string of the molecule is CN(C)S(=O)(=O)N(CC(=O)N1CCN(C/C=C/c2ccccc2)CC1)c1ccc(F)cc1. The van der Waals surface area contributed by atoms with Gasteiger partial charge in [-0.15, -0.1) is 0 Å². The normalized spacial score (nSPS) is 15.4. The number of hydrogen-bond donors (Lipinski definition) is 0. The minimum absolute atomic E-state index is 0.248. The molecule has 1 heterocycles. The van der Waals surface area contributed by atoms with Gasteiger partial charge in [-0.2, -0.15) is 12.7 Å². The molecule has 3 rings (SSSR count). The number of rotatable bonds is 8. The lowest BCUT2D eigenvalue weighted by atomic mass is 10.2. The summed E-state index contributed by atoms with van der Waals surface area (Å²) in [6, 6.07) is 15.1. The maximum Gasteiger partial charge on any atom is 0.304 e. The summed E-state index contributed by atoms with van der Waals surface area (Å²) < 4.78 is 41.0. The van der Waals surface area contributed by atoms with E-state index in [0.717, 1.165) is 20.7 Å². The summed E-state index contributed by atoms with van der Waals surface area (Å²) in [5.41, 5.74) is 1.39. The molecule has 0 saturated carbocycles. The Morgan fingerprint density at radius 3 is 2.22 bits per heavy atom. The van der Waals surface area contributed by atoms with Crippen molar-refractivity contribution in [1.29, 1.82) is 0 Å². The maximum atomic E-state index is 13.3. The Kier molecular flexibility index (Phi) is 8.00. The van der Waals surface area contributed by atoms with E-state index < -0.39 is 16.0 Å². The standard InChI is InChI=1S/C23H29FN4O3S/c1-25(2)32(30,31)28(22-12-10-21(24)11-13-22)19-23(29)27-17-15-26(16-18-27)14-6-9-20-7-4-3-5-8-20/h3-13H,14-19H2,1-2H3/b9-6+. The van der Waals surface area contributed by atoms with E-state index in [1.165, 1.54) is 38.4 Å². The topological polar surface area (TPSA) is 64.2 Å². The Labute approximate surface area is 189 Å². The van der Waals surface area contributed by atoms with Crippen molar-refractivity contribution in [2.24, 2.45) is 0 Å². The number of hydrogen-bond acceptors (Lipinski definition) is 4. The average Bonchev–Trinajstić information content (AvgIpc) is 2.79. The Morgan fingerprint density at radius 2 is 1.62 bits per heavy atom. The zero-order valence-electron chi connectivity index (χ0n) is 18.4. The molecule has 1 aliphatic heterocycles. The highest BCUT2D eigenvalue weighted by Crippen LogP contribution is 2.20. The quantitative estimate of drug-likeness (QED) is 0.607. The molecule has 0 spiro atoms. The molecule has 0 aromatic heterocycles. The van der Waals surface area contributed by atoms with E-state index in [1.807, 2.05) is 30.3 Å². The van der Waals surface area contributed by atoms with Crippen molar-refractivity contribution in [3.63, 3.8) is 0 Å². The van der Waals surface area contributed by atoms with E-state index in [0.29, 0.717) is 26.2 Å². The molecule has 2 aromatic rings. The maximum absolute atomic E-state index is 13.3. The third-order valence-electron chi connectivity index (χ3n) is 5.33. The second-order valence-corrected chi connectivity index (χ2v) is 9.83. The summed E-state index contributed by atoms with van der Waals surface area (Å²) in [4.78, 5) is 16.8. The lowest BCUT2D eigenvalue weighted by Crippen LogP contribution is -2.52. The van der Waals surface area contributed by atoms with Crippen molar-refractivity contribution >= 4 is 27.9 Å². The fraction of sp³-hybridized carbons (Fsp3) is 0.348. The van der Waals surface area contributed by atoms with Gasteiger partial charge in [-0.25, -0.2) is 8.70 Å². The number of nitrogens with zero attached hydrogens (tertiary/aromatic N) is 4. The van der Waals surface area contributed by atoms with Crippen LogP contribution in [0.4, 0.5) is 10.1 Å². The fourth-order valence-corrected chi connectivity index (χ4v) is 4.47. The predicted molar refractivity (Wildman–Crippen MR) is 125 cm³/mol. The molecule has 0 atom stereocenters. The van der Waals surface area contributed by atoms with Gasteiger partial charge in [0.05, 0.1) is 5.69 Å². The molecule has 0 N–H and O–H groups in total. The fourth-order valence-electron chi connectivity index (χ4n) is 3.42. The average molecular weight is 461 g/mol. The lowest BCUT2D eigenvalue weighted by molar-refractivity contribution is -0.131. The van der Waals surface area contributed by atoms with Crippen molar-refractivity contribution in [1.82, 2.24) is 14.1 Å². The van der Waals surface area contributed by atoms with Crippen LogP contribution in [0.15, 0.2) is 60.7 Å². The molecule has 9 heteroatoms. The van der Waals surface area contributed by atoms with Gasteiger partial charge in [0.1, 0.15) is 12.4 Å². The van der Waals surface area contributed by atoms with Crippen LogP contribution in [0.1, 0.15) is 5.56 Å². The van der Waals surface area contributed by atoms with Crippen LogP contribution in [0.2, 0.25) is 0 Å². The van der Waals surface area contributed by atoms with Crippen molar-refractivity contribution in [3.8, 4) is 0 Å². The van der Waals surface area contributed by atoms with Crippen molar-refractivity contribution in [3.05, 3.63) is 72.1 Å². The van der Waals surface area contributed by atoms with E-state index in [1.54, 1.807) is 4.90 Å². The lowest BCUT2D eigenvalue weighted by Gasteiger charge is -2.36. The Bertz CT molecular complexity index is 1020. The first-order chi connectivity index (χ1) is 15.3. The number of piperazine rings is 1. The van der Waals surface area contributed by atoms with Gasteiger partial charge in [0.2, 0.25) is 5.91 Å². The first kappa shape index (κ1) is 23.9. The molecule has 0 aliphatic carbocycles. The summed E-state index contributed by atoms with van der Waals surface area (Å²) >= 11 is 0. The minimum atomic E-state index is -3.91. The van der Waals surface area contributed by atoms with Gasteiger partial charge in [-0.3, -0.25) is 9.69 Å². The zero-order chi connectivity index (χ0) is 23.1. The van der Waals surface area contributed by atoms with Gasteiger partial charge in [-0.1, -0.05) is 42.5 Å². The van der Waals surface area contributed by atoms with Crippen LogP contribution in [0.25, 0.3) is 6.08 Å². The number of halogens is 1. The van der Waals surface area contributed by atoms with E-state index in [9.17, 15) is 17.6 Å². The van der Waals surface area contributed by atoms with Gasteiger partial charge in [-0.05, 0) is 29.8 Å². The van der Waals surface area contributed by atoms with Crippen LogP contribution in [0.5, 0.6) is 0 Å². The van der Waals surface area contributed by atoms with E-state index in [2.05, 4.69) is 17.1 Å². The smallest absolute Gasteiger partial charge is 0.304 e. The van der Waals surface area contributed by atoms with Crippen LogP contribution >= 0.6 is 0 Å². The number of carbonyl (C=O) groups is 1. The van der Waals surface area contributed by atoms with Gasteiger partial charge < -0.3 is 4.90 Å². The zero-order valence-corrected chi connectivity index (χ0v) is 19.2. The molecule has 1 saturated heterocycles. The summed E-state index contributed by atoms with van der Waals surface area (Å²) in [5.74, 6) is -0.751. The first-order valence-corrected chi connectivity index (χ1v) is 11.8. The number of carbonyl (C=O) groups excluding carboxylic acids is 1. The second-order valence-electron chi connectivity index (χ2n) is 7.77. The highest BCUT2D eigenvalue weighted by Gasteiger charge is 2.30. The summed E-state index contributed by atoms with van der Waals surface area (Å²) in [5, 5.41) is 0. The van der Waals surface area contributed by atoms with Crippen molar-refractivity contribution < 1.29 is 17.6 Å². The summed E-state index contributed by atoms with van der Waals surface area (Å²) in [6.45, 7) is 2.92. The van der Waals surface area contributed by atoms with Crippen LogP contribution in [-0.4, -0.2) is 81.8 Å². The molecule has 1 aliphatic rings. The Morgan fingerprint density at radius 1 is 1.00 bits per heavy atom. The third kappa shape index (κ3) is 6.15. The van der Waals surface area contributed by atoms with Gasteiger partial charge in [0.15, 0.2) is 0 Å². The van der Waals surface area contributed by atoms with Crippen LogP contribution in [0.3, 0.4) is 0 Å². The second kappa shape index (κ2) is 10.7. The summed E-state index contributed by atoms with van der Waals surface area (Å²) in [6.07, 6.45) is 4.18. The van der Waals surface area contributed by atoms with E-state index in [-0.39, 0.29) is 18.1 Å². The number of benzene rings is 2. The number of amides is 1. The Hall–Kier alpha value is -2.75. The highest BCUT2D eigenvalue weighted by molar-refractivity contribution is 7.90. The molecule has 2 aromatic carbocycles. The number of anilines is 1. The molecular weight excluding hydrogens is 431 g/mol. The first-order valence-electron chi connectivity index (χ1n) is 10.4. The molecule has 32 heavy (non-hydrogen) atoms. The van der Waals surface area contributed by atoms with E-state index in [4.69, 9.17) is 0 Å². The predicted octanol–water partition coefficient (Wildman–Crippen LogP) is 2.30. The molecule has 1 fully saturated rings. The Balaban J connectivity index is 1.59. The van der Waals surface area contributed by atoms with Crippen LogP contribution in [-0.2, 0) is 15.0 Å². The van der Waals surface area contributed by atoms with Crippen molar-refractivity contribution in [2.75, 3.05) is 57.7 Å². The van der Waals surface area contributed by atoms with Gasteiger partial charge in [0.25, 0.3) is 0 Å². The van der Waals surface area contributed by atoms with Gasteiger partial charge in [0, 0.05) is 46.8 Å².